The van der Waals surface area contributed by atoms with Crippen LogP contribution in [0.15, 0.2) is 22.6 Å². The summed E-state index contributed by atoms with van der Waals surface area (Å²) in [6.45, 7) is 2.47. The van der Waals surface area contributed by atoms with Crippen molar-refractivity contribution in [1.82, 2.24) is 0 Å². The van der Waals surface area contributed by atoms with Crippen LogP contribution in [0.25, 0.3) is 11.0 Å². The molecule has 0 saturated carbocycles. The lowest BCUT2D eigenvalue weighted by atomic mass is 10.1. The third kappa shape index (κ3) is 1.71. The van der Waals surface area contributed by atoms with Crippen molar-refractivity contribution >= 4 is 11.0 Å². The Labute approximate surface area is 103 Å². The molecule has 1 saturated heterocycles. The van der Waals surface area contributed by atoms with E-state index in [1.807, 2.05) is 0 Å². The second kappa shape index (κ2) is 4.05. The quantitative estimate of drug-likeness (QED) is 0.890. The third-order valence-corrected chi connectivity index (χ3v) is 3.11. The molecule has 0 amide bonds. The molecule has 0 spiro atoms. The number of hydrogen-bond acceptors (Lipinski definition) is 4. The Morgan fingerprint density at radius 2 is 2.00 bits per heavy atom. The largest absolute Gasteiger partial charge is 0.455 e. The molecule has 0 atom stereocenters. The summed E-state index contributed by atoms with van der Waals surface area (Å²) in [6.07, 6.45) is 0. The molecule has 4 nitrogen and oxygen atoms in total. The molecule has 0 radical (unpaired) electrons. The van der Waals surface area contributed by atoms with Gasteiger partial charge in [-0.2, -0.15) is 0 Å². The van der Waals surface area contributed by atoms with Crippen LogP contribution in [0.2, 0.25) is 0 Å². The van der Waals surface area contributed by atoms with Crippen molar-refractivity contribution in [3.8, 4) is 0 Å². The summed E-state index contributed by atoms with van der Waals surface area (Å²) in [5.41, 5.74) is 0.882. The van der Waals surface area contributed by atoms with E-state index in [0.29, 0.717) is 35.5 Å². The van der Waals surface area contributed by atoms with Gasteiger partial charge in [0.1, 0.15) is 11.4 Å². The van der Waals surface area contributed by atoms with E-state index in [1.54, 1.807) is 13.0 Å². The van der Waals surface area contributed by atoms with Crippen LogP contribution in [0, 0.1) is 5.82 Å². The molecule has 18 heavy (non-hydrogen) atoms. The highest BCUT2D eigenvalue weighted by Crippen LogP contribution is 2.35. The van der Waals surface area contributed by atoms with E-state index in [0.717, 1.165) is 0 Å². The topological polar surface area (TPSA) is 51.8 Å². The monoisotopic (exact) mass is 252 g/mol. The first-order valence-corrected chi connectivity index (χ1v) is 5.73. The first-order valence-electron chi connectivity index (χ1n) is 5.73. The van der Waals surface area contributed by atoms with Gasteiger partial charge in [-0.1, -0.05) is 0 Å². The Bertz CT molecular complexity index is 584. The fourth-order valence-corrected chi connectivity index (χ4v) is 2.18. The van der Waals surface area contributed by atoms with E-state index in [1.165, 1.54) is 12.1 Å². The molecule has 0 bridgehead atoms. The summed E-state index contributed by atoms with van der Waals surface area (Å²) in [5.74, 6) is -0.852. The molecule has 1 aliphatic heterocycles. The zero-order valence-corrected chi connectivity index (χ0v) is 9.90. The molecule has 2 aromatic rings. The van der Waals surface area contributed by atoms with Gasteiger partial charge in [-0.15, -0.1) is 0 Å². The Hall–Kier alpha value is -1.43. The number of hydrogen-bond donors (Lipinski definition) is 1. The van der Waals surface area contributed by atoms with Crippen molar-refractivity contribution in [2.45, 2.75) is 19.3 Å². The molecule has 0 aliphatic carbocycles. The van der Waals surface area contributed by atoms with Gasteiger partial charge in [0, 0.05) is 10.9 Å². The van der Waals surface area contributed by atoms with E-state index in [2.05, 4.69) is 0 Å². The summed E-state index contributed by atoms with van der Waals surface area (Å²) >= 11 is 0. The van der Waals surface area contributed by atoms with Crippen LogP contribution in [0.3, 0.4) is 0 Å². The molecule has 1 aromatic carbocycles. The first kappa shape index (κ1) is 11.6. The Balaban J connectivity index is 2.16. The molecule has 1 N–H and O–H groups in total. The second-order valence-electron chi connectivity index (χ2n) is 4.39. The number of ether oxygens (including phenoxy) is 2. The SMILES string of the molecule is CC1(c2cc3cc(F)cc(CO)c3o2)OCCO1. The summed E-state index contributed by atoms with van der Waals surface area (Å²) in [5, 5.41) is 9.80. The summed E-state index contributed by atoms with van der Waals surface area (Å²) in [6, 6.07) is 4.30. The normalized spacial score (nSPS) is 18.6. The highest BCUT2D eigenvalue weighted by atomic mass is 19.1. The van der Waals surface area contributed by atoms with Crippen LogP contribution in [-0.4, -0.2) is 18.3 Å². The van der Waals surface area contributed by atoms with Crippen molar-refractivity contribution in [2.24, 2.45) is 0 Å². The van der Waals surface area contributed by atoms with Gasteiger partial charge in [0.05, 0.1) is 19.8 Å². The summed E-state index contributed by atoms with van der Waals surface area (Å²) < 4.78 is 30.0. The smallest absolute Gasteiger partial charge is 0.225 e. The Kier molecular flexibility index (Phi) is 2.62. The van der Waals surface area contributed by atoms with Gasteiger partial charge in [-0.25, -0.2) is 4.39 Å². The molecule has 5 heteroatoms. The Morgan fingerprint density at radius 3 is 2.67 bits per heavy atom. The number of fused-ring (bicyclic) bond motifs is 1. The average Bonchev–Trinajstić information content (AvgIpc) is 2.95. The third-order valence-electron chi connectivity index (χ3n) is 3.11. The predicted molar refractivity (Wildman–Crippen MR) is 61.4 cm³/mol. The second-order valence-corrected chi connectivity index (χ2v) is 4.39. The lowest BCUT2D eigenvalue weighted by Crippen LogP contribution is -2.21. The van der Waals surface area contributed by atoms with Gasteiger partial charge in [-0.3, -0.25) is 0 Å². The number of aliphatic hydroxyl groups is 1. The van der Waals surface area contributed by atoms with Gasteiger partial charge in [-0.05, 0) is 25.1 Å². The van der Waals surface area contributed by atoms with Crippen molar-refractivity contribution in [3.63, 3.8) is 0 Å². The minimum Gasteiger partial charge on any atom is -0.455 e. The Morgan fingerprint density at radius 1 is 1.28 bits per heavy atom. The highest BCUT2D eigenvalue weighted by Gasteiger charge is 2.37. The van der Waals surface area contributed by atoms with Gasteiger partial charge in [0.25, 0.3) is 0 Å². The van der Waals surface area contributed by atoms with Gasteiger partial charge >= 0.3 is 0 Å². The minimum absolute atomic E-state index is 0.278. The van der Waals surface area contributed by atoms with Crippen molar-refractivity contribution in [2.75, 3.05) is 13.2 Å². The van der Waals surface area contributed by atoms with E-state index >= 15 is 0 Å². The van der Waals surface area contributed by atoms with Gasteiger partial charge in [0.2, 0.25) is 5.79 Å². The lowest BCUT2D eigenvalue weighted by molar-refractivity contribution is -0.162. The number of aliphatic hydroxyl groups excluding tert-OH is 1. The van der Waals surface area contributed by atoms with Crippen molar-refractivity contribution in [3.05, 3.63) is 35.3 Å². The predicted octanol–water partition coefficient (Wildman–Crippen LogP) is 2.28. The van der Waals surface area contributed by atoms with Crippen molar-refractivity contribution < 1.29 is 23.4 Å². The molecule has 96 valence electrons. The maximum atomic E-state index is 13.4. The lowest BCUT2D eigenvalue weighted by Gasteiger charge is -2.18. The van der Waals surface area contributed by atoms with Crippen LogP contribution in [-0.2, 0) is 21.9 Å². The first-order chi connectivity index (χ1) is 8.62. The van der Waals surface area contributed by atoms with Crippen LogP contribution in [0.1, 0.15) is 18.2 Å². The van der Waals surface area contributed by atoms with E-state index in [-0.39, 0.29) is 6.61 Å². The standard InChI is InChI=1S/C13H13FO4/c1-13(16-2-3-17-13)11-6-8-4-10(14)5-9(7-15)12(8)18-11/h4-6,15H,2-3,7H2,1H3. The zero-order valence-electron chi connectivity index (χ0n) is 9.90. The molecular weight excluding hydrogens is 239 g/mol. The number of rotatable bonds is 2. The number of halogens is 1. The highest BCUT2D eigenvalue weighted by molar-refractivity contribution is 5.81. The fourth-order valence-electron chi connectivity index (χ4n) is 2.18. The molecule has 2 heterocycles. The molecular formula is C13H13FO4. The molecule has 1 aromatic heterocycles. The van der Waals surface area contributed by atoms with Gasteiger partial charge < -0.3 is 19.0 Å². The van der Waals surface area contributed by atoms with Crippen LogP contribution < -0.4 is 0 Å². The molecule has 1 aliphatic rings. The summed E-state index contributed by atoms with van der Waals surface area (Å²) in [7, 11) is 0. The van der Waals surface area contributed by atoms with E-state index in [9.17, 15) is 9.50 Å². The summed E-state index contributed by atoms with van der Waals surface area (Å²) in [4.78, 5) is 0. The van der Waals surface area contributed by atoms with Crippen molar-refractivity contribution in [1.29, 1.82) is 0 Å². The van der Waals surface area contributed by atoms with Crippen LogP contribution >= 0.6 is 0 Å². The zero-order chi connectivity index (χ0) is 12.8. The van der Waals surface area contributed by atoms with Crippen LogP contribution in [0.5, 0.6) is 0 Å². The van der Waals surface area contributed by atoms with E-state index < -0.39 is 11.6 Å². The average molecular weight is 252 g/mol. The fraction of sp³-hybridized carbons (Fsp3) is 0.385. The minimum atomic E-state index is -0.928. The van der Waals surface area contributed by atoms with E-state index in [4.69, 9.17) is 13.9 Å². The molecule has 0 unspecified atom stereocenters. The maximum Gasteiger partial charge on any atom is 0.225 e. The van der Waals surface area contributed by atoms with Gasteiger partial charge in [0.15, 0.2) is 5.76 Å². The molecule has 1 fully saturated rings. The van der Waals surface area contributed by atoms with Crippen LogP contribution in [0.4, 0.5) is 4.39 Å². The molecule has 3 rings (SSSR count). The number of benzene rings is 1. The number of furan rings is 1. The maximum absolute atomic E-state index is 13.4.